The fourth-order valence-corrected chi connectivity index (χ4v) is 1.36. The Balaban J connectivity index is 2.57. The van der Waals surface area contributed by atoms with E-state index in [0.717, 1.165) is 24.9 Å². The van der Waals surface area contributed by atoms with Crippen LogP contribution in [0.5, 0.6) is 11.5 Å². The Labute approximate surface area is 84.7 Å². The summed E-state index contributed by atoms with van der Waals surface area (Å²) in [5.74, 6) is 0.747. The van der Waals surface area contributed by atoms with E-state index in [2.05, 4.69) is 5.32 Å². The van der Waals surface area contributed by atoms with Crippen LogP contribution in [0.1, 0.15) is 12.0 Å². The normalized spacial score (nSPS) is 10.1. The molecule has 0 saturated heterocycles. The first-order valence-electron chi connectivity index (χ1n) is 4.78. The topological polar surface area (TPSA) is 41.5 Å². The van der Waals surface area contributed by atoms with Crippen molar-refractivity contribution in [1.29, 1.82) is 0 Å². The molecule has 0 aliphatic carbocycles. The molecule has 0 aliphatic heterocycles. The van der Waals surface area contributed by atoms with Crippen LogP contribution in [0.25, 0.3) is 0 Å². The predicted molar refractivity (Wildman–Crippen MR) is 56.9 cm³/mol. The van der Waals surface area contributed by atoms with Crippen LogP contribution in [-0.2, 0) is 6.42 Å². The van der Waals surface area contributed by atoms with E-state index >= 15 is 0 Å². The molecule has 1 aromatic rings. The first-order valence-corrected chi connectivity index (χ1v) is 4.78. The van der Waals surface area contributed by atoms with E-state index in [4.69, 9.17) is 4.74 Å². The Bertz CT molecular complexity index is 287. The van der Waals surface area contributed by atoms with Gasteiger partial charge in [-0.2, -0.15) is 0 Å². The maximum absolute atomic E-state index is 9.51. The van der Waals surface area contributed by atoms with Crippen molar-refractivity contribution in [3.8, 4) is 11.5 Å². The van der Waals surface area contributed by atoms with Crippen molar-refractivity contribution < 1.29 is 9.84 Å². The molecule has 0 saturated carbocycles. The van der Waals surface area contributed by atoms with Crippen LogP contribution in [-0.4, -0.2) is 25.8 Å². The van der Waals surface area contributed by atoms with E-state index < -0.39 is 0 Å². The van der Waals surface area contributed by atoms with E-state index in [1.165, 1.54) is 0 Å². The second kappa shape index (κ2) is 5.50. The molecule has 0 amide bonds. The zero-order valence-corrected chi connectivity index (χ0v) is 8.71. The van der Waals surface area contributed by atoms with E-state index in [0.29, 0.717) is 5.75 Å². The quantitative estimate of drug-likeness (QED) is 0.700. The minimum absolute atomic E-state index is 0.217. The van der Waals surface area contributed by atoms with Gasteiger partial charge in [0.25, 0.3) is 0 Å². The highest BCUT2D eigenvalue weighted by Crippen LogP contribution is 2.26. The number of aromatic hydroxyl groups is 1. The van der Waals surface area contributed by atoms with Gasteiger partial charge in [-0.1, -0.05) is 6.07 Å². The highest BCUT2D eigenvalue weighted by molar-refractivity contribution is 5.41. The first kappa shape index (κ1) is 10.9. The van der Waals surface area contributed by atoms with Gasteiger partial charge < -0.3 is 15.2 Å². The number of phenolic OH excluding ortho intramolecular Hbond substituents is 1. The molecule has 0 aliphatic rings. The summed E-state index contributed by atoms with van der Waals surface area (Å²) < 4.78 is 4.96. The van der Waals surface area contributed by atoms with Crippen molar-refractivity contribution in [3.05, 3.63) is 23.8 Å². The number of nitrogens with one attached hydrogen (secondary N) is 1. The van der Waals surface area contributed by atoms with Gasteiger partial charge in [-0.3, -0.25) is 0 Å². The van der Waals surface area contributed by atoms with Crippen LogP contribution in [0.3, 0.4) is 0 Å². The lowest BCUT2D eigenvalue weighted by Gasteiger charge is -2.05. The highest BCUT2D eigenvalue weighted by Gasteiger charge is 2.01. The molecule has 1 rings (SSSR count). The van der Waals surface area contributed by atoms with Gasteiger partial charge >= 0.3 is 0 Å². The van der Waals surface area contributed by atoms with Crippen LogP contribution in [0.15, 0.2) is 18.2 Å². The molecule has 0 fully saturated rings. The SMILES string of the molecule is CNCCCc1ccc(OC)c(O)c1. The third-order valence-electron chi connectivity index (χ3n) is 2.14. The number of phenols is 1. The van der Waals surface area contributed by atoms with E-state index in [-0.39, 0.29) is 5.75 Å². The minimum atomic E-state index is 0.217. The molecular formula is C11H17NO2. The van der Waals surface area contributed by atoms with Gasteiger partial charge in [-0.05, 0) is 44.1 Å². The highest BCUT2D eigenvalue weighted by atomic mass is 16.5. The lowest BCUT2D eigenvalue weighted by molar-refractivity contribution is 0.373. The lowest BCUT2D eigenvalue weighted by atomic mass is 10.1. The second-order valence-electron chi connectivity index (χ2n) is 3.21. The van der Waals surface area contributed by atoms with Crippen molar-refractivity contribution in [1.82, 2.24) is 5.32 Å². The van der Waals surface area contributed by atoms with Crippen molar-refractivity contribution >= 4 is 0 Å². The summed E-state index contributed by atoms with van der Waals surface area (Å²) in [4.78, 5) is 0. The lowest BCUT2D eigenvalue weighted by Crippen LogP contribution is -2.08. The molecule has 0 unspecified atom stereocenters. The number of methoxy groups -OCH3 is 1. The van der Waals surface area contributed by atoms with Gasteiger partial charge in [0.1, 0.15) is 0 Å². The summed E-state index contributed by atoms with van der Waals surface area (Å²) in [6.07, 6.45) is 2.04. The summed E-state index contributed by atoms with van der Waals surface area (Å²) in [6.45, 7) is 0.993. The smallest absolute Gasteiger partial charge is 0.160 e. The summed E-state index contributed by atoms with van der Waals surface area (Å²) in [5.41, 5.74) is 1.14. The molecule has 2 N–H and O–H groups in total. The van der Waals surface area contributed by atoms with Crippen LogP contribution >= 0.6 is 0 Å². The van der Waals surface area contributed by atoms with Crippen molar-refractivity contribution in [2.75, 3.05) is 20.7 Å². The van der Waals surface area contributed by atoms with E-state index in [1.807, 2.05) is 13.1 Å². The average Bonchev–Trinajstić information content (AvgIpc) is 2.18. The molecule has 78 valence electrons. The number of aryl methyl sites for hydroxylation is 1. The Morgan fingerprint density at radius 1 is 1.43 bits per heavy atom. The minimum Gasteiger partial charge on any atom is -0.504 e. The van der Waals surface area contributed by atoms with Gasteiger partial charge in [0, 0.05) is 0 Å². The Morgan fingerprint density at radius 2 is 2.21 bits per heavy atom. The van der Waals surface area contributed by atoms with Gasteiger partial charge in [-0.25, -0.2) is 0 Å². The summed E-state index contributed by atoms with van der Waals surface area (Å²) in [5, 5.41) is 12.6. The van der Waals surface area contributed by atoms with Crippen LogP contribution in [0.2, 0.25) is 0 Å². The monoisotopic (exact) mass is 195 g/mol. The van der Waals surface area contributed by atoms with Gasteiger partial charge in [-0.15, -0.1) is 0 Å². The molecule has 0 atom stereocenters. The standard InChI is InChI=1S/C11H17NO2/c1-12-7-3-4-9-5-6-11(14-2)10(13)8-9/h5-6,8,12-13H,3-4,7H2,1-2H3. The van der Waals surface area contributed by atoms with E-state index in [1.54, 1.807) is 19.2 Å². The summed E-state index contributed by atoms with van der Waals surface area (Å²) in [6, 6.07) is 5.53. The van der Waals surface area contributed by atoms with Crippen LogP contribution in [0.4, 0.5) is 0 Å². The maximum atomic E-state index is 9.51. The van der Waals surface area contributed by atoms with E-state index in [9.17, 15) is 5.11 Å². The third kappa shape index (κ3) is 2.92. The second-order valence-corrected chi connectivity index (χ2v) is 3.21. The zero-order valence-electron chi connectivity index (χ0n) is 8.71. The van der Waals surface area contributed by atoms with Crippen molar-refractivity contribution in [3.63, 3.8) is 0 Å². The third-order valence-corrected chi connectivity index (χ3v) is 2.14. The van der Waals surface area contributed by atoms with Crippen molar-refractivity contribution in [2.24, 2.45) is 0 Å². The molecular weight excluding hydrogens is 178 g/mol. The molecule has 0 bridgehead atoms. The molecule has 1 aromatic carbocycles. The maximum Gasteiger partial charge on any atom is 0.160 e. The Hall–Kier alpha value is -1.22. The largest absolute Gasteiger partial charge is 0.504 e. The first-order chi connectivity index (χ1) is 6.77. The number of hydrogen-bond acceptors (Lipinski definition) is 3. The van der Waals surface area contributed by atoms with Gasteiger partial charge in [0.15, 0.2) is 11.5 Å². The Kier molecular flexibility index (Phi) is 4.26. The molecule has 0 heterocycles. The molecule has 0 aromatic heterocycles. The fraction of sp³-hybridized carbons (Fsp3) is 0.455. The molecule has 0 spiro atoms. The van der Waals surface area contributed by atoms with Crippen LogP contribution in [0, 0.1) is 0 Å². The zero-order chi connectivity index (χ0) is 10.4. The number of rotatable bonds is 5. The fourth-order valence-electron chi connectivity index (χ4n) is 1.36. The molecule has 3 heteroatoms. The molecule has 0 radical (unpaired) electrons. The van der Waals surface area contributed by atoms with Crippen LogP contribution < -0.4 is 10.1 Å². The van der Waals surface area contributed by atoms with Gasteiger partial charge in [0.05, 0.1) is 7.11 Å². The predicted octanol–water partition coefficient (Wildman–Crippen LogP) is 1.55. The molecule has 3 nitrogen and oxygen atoms in total. The Morgan fingerprint density at radius 3 is 2.79 bits per heavy atom. The number of ether oxygens (including phenoxy) is 1. The summed E-state index contributed by atoms with van der Waals surface area (Å²) in [7, 11) is 3.49. The summed E-state index contributed by atoms with van der Waals surface area (Å²) >= 11 is 0. The van der Waals surface area contributed by atoms with Gasteiger partial charge in [0.2, 0.25) is 0 Å². The van der Waals surface area contributed by atoms with Crippen molar-refractivity contribution in [2.45, 2.75) is 12.8 Å². The number of benzene rings is 1. The average molecular weight is 195 g/mol. The molecule has 14 heavy (non-hydrogen) atoms. The number of hydrogen-bond donors (Lipinski definition) is 2.